The highest BCUT2D eigenvalue weighted by Gasteiger charge is 2.39. The molecule has 0 spiro atoms. The van der Waals surface area contributed by atoms with Crippen LogP contribution in [0, 0.1) is 12.8 Å². The molecule has 2 fully saturated rings. The number of carbonyl (C=O) groups excluding carboxylic acids is 2. The lowest BCUT2D eigenvalue weighted by molar-refractivity contribution is -0.143. The number of carbonyl (C=O) groups is 2. The van der Waals surface area contributed by atoms with E-state index >= 15 is 0 Å². The van der Waals surface area contributed by atoms with Crippen LogP contribution in [0.15, 0.2) is 0 Å². The molecule has 6 nitrogen and oxygen atoms in total. The van der Waals surface area contributed by atoms with Gasteiger partial charge in [0.05, 0.1) is 0 Å². The predicted molar refractivity (Wildman–Crippen MR) is 83.4 cm³/mol. The van der Waals surface area contributed by atoms with E-state index in [0.29, 0.717) is 13.0 Å². The fourth-order valence-electron chi connectivity index (χ4n) is 2.88. The van der Waals surface area contributed by atoms with Gasteiger partial charge in [0, 0.05) is 25.4 Å². The predicted octanol–water partition coefficient (Wildman–Crippen LogP) is 1.30. The number of aryl methyl sites for hydroxylation is 1. The highest BCUT2D eigenvalue weighted by Crippen LogP contribution is 2.33. The first-order valence-electron chi connectivity index (χ1n) is 8.02. The Kier molecular flexibility index (Phi) is 4.71. The van der Waals surface area contributed by atoms with E-state index in [9.17, 15) is 9.59 Å². The first kappa shape index (κ1) is 15.4. The van der Waals surface area contributed by atoms with Gasteiger partial charge in [-0.2, -0.15) is 0 Å². The Labute approximate surface area is 134 Å². The first-order valence-corrected chi connectivity index (χ1v) is 8.84. The Bertz CT molecular complexity index is 555. The van der Waals surface area contributed by atoms with Gasteiger partial charge in [-0.15, -0.1) is 21.5 Å². The Morgan fingerprint density at radius 2 is 2.09 bits per heavy atom. The molecule has 1 saturated carbocycles. The van der Waals surface area contributed by atoms with Crippen LogP contribution >= 0.6 is 11.3 Å². The molecule has 1 aromatic rings. The maximum atomic E-state index is 12.4. The van der Waals surface area contributed by atoms with Gasteiger partial charge in [0.2, 0.25) is 11.8 Å². The molecule has 1 aliphatic heterocycles. The Morgan fingerprint density at radius 1 is 1.27 bits per heavy atom. The monoisotopic (exact) mass is 322 g/mol. The lowest BCUT2D eigenvalue weighted by Crippen LogP contribution is -2.52. The summed E-state index contributed by atoms with van der Waals surface area (Å²) in [4.78, 5) is 26.5. The quantitative estimate of drug-likeness (QED) is 0.886. The standard InChI is InChI=1S/C15H22N4O2S/c1-10-17-18-13(22-10)7-8-16-14(20)12-4-2-3-9-19(12)15(21)11-5-6-11/h11-12H,2-9H2,1H3,(H,16,20). The van der Waals surface area contributed by atoms with E-state index in [-0.39, 0.29) is 23.8 Å². The summed E-state index contributed by atoms with van der Waals surface area (Å²) in [5.41, 5.74) is 0. The van der Waals surface area contributed by atoms with Crippen LogP contribution in [0.3, 0.4) is 0 Å². The fourth-order valence-corrected chi connectivity index (χ4v) is 3.59. The largest absolute Gasteiger partial charge is 0.354 e. The highest BCUT2D eigenvalue weighted by atomic mass is 32.1. The molecule has 2 aliphatic rings. The minimum Gasteiger partial charge on any atom is -0.354 e. The second-order valence-corrected chi connectivity index (χ2v) is 7.34. The van der Waals surface area contributed by atoms with Crippen LogP contribution in [-0.2, 0) is 16.0 Å². The SMILES string of the molecule is Cc1nnc(CCNC(=O)C2CCCCN2C(=O)C2CC2)s1. The average Bonchev–Trinajstić information content (AvgIpc) is 3.29. The van der Waals surface area contributed by atoms with Crippen LogP contribution in [0.1, 0.15) is 42.1 Å². The number of amides is 2. The molecule has 0 aromatic carbocycles. The molecule has 2 heterocycles. The van der Waals surface area contributed by atoms with Crippen LogP contribution in [0.4, 0.5) is 0 Å². The van der Waals surface area contributed by atoms with Gasteiger partial charge in [-0.25, -0.2) is 0 Å². The molecular formula is C15H22N4O2S. The highest BCUT2D eigenvalue weighted by molar-refractivity contribution is 7.11. The summed E-state index contributed by atoms with van der Waals surface area (Å²) >= 11 is 1.55. The van der Waals surface area contributed by atoms with Crippen molar-refractivity contribution in [2.45, 2.75) is 51.5 Å². The number of nitrogens with zero attached hydrogens (tertiary/aromatic N) is 3. The smallest absolute Gasteiger partial charge is 0.242 e. The normalized spacial score (nSPS) is 21.7. The van der Waals surface area contributed by atoms with Crippen molar-refractivity contribution in [3.8, 4) is 0 Å². The fraction of sp³-hybridized carbons (Fsp3) is 0.733. The van der Waals surface area contributed by atoms with Crippen molar-refractivity contribution in [2.75, 3.05) is 13.1 Å². The summed E-state index contributed by atoms with van der Waals surface area (Å²) in [6.45, 7) is 3.20. The molecule has 1 N–H and O–H groups in total. The van der Waals surface area contributed by atoms with Crippen molar-refractivity contribution in [3.05, 3.63) is 10.0 Å². The van der Waals surface area contributed by atoms with Crippen LogP contribution in [0.2, 0.25) is 0 Å². The summed E-state index contributed by atoms with van der Waals surface area (Å²) in [7, 11) is 0. The number of hydrogen-bond acceptors (Lipinski definition) is 5. The Morgan fingerprint density at radius 3 is 2.77 bits per heavy atom. The number of piperidine rings is 1. The molecular weight excluding hydrogens is 300 g/mol. The van der Waals surface area contributed by atoms with Gasteiger partial charge in [-0.05, 0) is 39.0 Å². The van der Waals surface area contributed by atoms with E-state index in [4.69, 9.17) is 0 Å². The van der Waals surface area contributed by atoms with E-state index < -0.39 is 0 Å². The number of hydrogen-bond donors (Lipinski definition) is 1. The van der Waals surface area contributed by atoms with Crippen LogP contribution in [0.25, 0.3) is 0 Å². The molecule has 1 aromatic heterocycles. The summed E-state index contributed by atoms with van der Waals surface area (Å²) in [5, 5.41) is 12.9. The van der Waals surface area contributed by atoms with Gasteiger partial charge >= 0.3 is 0 Å². The molecule has 2 amide bonds. The van der Waals surface area contributed by atoms with Gasteiger partial charge in [0.1, 0.15) is 16.1 Å². The minimum atomic E-state index is -0.280. The molecule has 7 heteroatoms. The molecule has 0 radical (unpaired) electrons. The van der Waals surface area contributed by atoms with Crippen LogP contribution < -0.4 is 5.32 Å². The molecule has 3 rings (SSSR count). The summed E-state index contributed by atoms with van der Waals surface area (Å²) in [5.74, 6) is 0.340. The second kappa shape index (κ2) is 6.73. The van der Waals surface area contributed by atoms with E-state index in [1.165, 1.54) is 0 Å². The van der Waals surface area contributed by atoms with Crippen molar-refractivity contribution in [2.24, 2.45) is 5.92 Å². The number of likely N-dealkylation sites (tertiary alicyclic amines) is 1. The number of aromatic nitrogens is 2. The molecule has 1 saturated heterocycles. The topological polar surface area (TPSA) is 75.2 Å². The summed E-state index contributed by atoms with van der Waals surface area (Å²) in [6, 6.07) is -0.280. The number of rotatable bonds is 5. The van der Waals surface area contributed by atoms with Crippen molar-refractivity contribution >= 4 is 23.2 Å². The summed E-state index contributed by atoms with van der Waals surface area (Å²) < 4.78 is 0. The summed E-state index contributed by atoms with van der Waals surface area (Å²) in [6.07, 6.45) is 5.47. The first-order chi connectivity index (χ1) is 10.6. The van der Waals surface area contributed by atoms with E-state index in [1.807, 2.05) is 11.8 Å². The minimum absolute atomic E-state index is 0.0186. The van der Waals surface area contributed by atoms with Gasteiger partial charge in [-0.3, -0.25) is 9.59 Å². The van der Waals surface area contributed by atoms with E-state index in [1.54, 1.807) is 11.3 Å². The third kappa shape index (κ3) is 3.63. The Balaban J connectivity index is 1.51. The molecule has 1 unspecified atom stereocenters. The average molecular weight is 322 g/mol. The van der Waals surface area contributed by atoms with E-state index in [0.717, 1.165) is 48.7 Å². The second-order valence-electron chi connectivity index (χ2n) is 6.07. The Hall–Kier alpha value is -1.50. The van der Waals surface area contributed by atoms with E-state index in [2.05, 4.69) is 15.5 Å². The third-order valence-electron chi connectivity index (χ3n) is 4.22. The van der Waals surface area contributed by atoms with Gasteiger partial charge in [0.15, 0.2) is 0 Å². The molecule has 120 valence electrons. The molecule has 22 heavy (non-hydrogen) atoms. The zero-order chi connectivity index (χ0) is 15.5. The van der Waals surface area contributed by atoms with Crippen molar-refractivity contribution in [3.63, 3.8) is 0 Å². The van der Waals surface area contributed by atoms with Gasteiger partial charge in [0.25, 0.3) is 0 Å². The van der Waals surface area contributed by atoms with Crippen LogP contribution in [-0.4, -0.2) is 46.0 Å². The third-order valence-corrected chi connectivity index (χ3v) is 5.12. The molecule has 1 atom stereocenters. The maximum Gasteiger partial charge on any atom is 0.242 e. The van der Waals surface area contributed by atoms with Crippen molar-refractivity contribution < 1.29 is 9.59 Å². The molecule has 1 aliphatic carbocycles. The van der Waals surface area contributed by atoms with Crippen molar-refractivity contribution in [1.82, 2.24) is 20.4 Å². The van der Waals surface area contributed by atoms with Gasteiger partial charge < -0.3 is 10.2 Å². The van der Waals surface area contributed by atoms with Crippen LogP contribution in [0.5, 0.6) is 0 Å². The number of nitrogens with one attached hydrogen (secondary N) is 1. The maximum absolute atomic E-state index is 12.4. The zero-order valence-electron chi connectivity index (χ0n) is 12.9. The van der Waals surface area contributed by atoms with Crippen molar-refractivity contribution in [1.29, 1.82) is 0 Å². The lowest BCUT2D eigenvalue weighted by atomic mass is 10.0. The molecule has 0 bridgehead atoms. The lowest BCUT2D eigenvalue weighted by Gasteiger charge is -2.34. The zero-order valence-corrected chi connectivity index (χ0v) is 13.7. The van der Waals surface area contributed by atoms with Gasteiger partial charge in [-0.1, -0.05) is 0 Å².